The Morgan fingerprint density at radius 3 is 2.86 bits per heavy atom. The lowest BCUT2D eigenvalue weighted by molar-refractivity contribution is -0.152. The van der Waals surface area contributed by atoms with Gasteiger partial charge < -0.3 is 19.1 Å². The van der Waals surface area contributed by atoms with Crippen LogP contribution in [0.2, 0.25) is 0 Å². The van der Waals surface area contributed by atoms with Crippen LogP contribution < -0.4 is 9.47 Å². The molecule has 1 saturated heterocycles. The molecule has 0 aliphatic carbocycles. The van der Waals surface area contributed by atoms with Gasteiger partial charge in [-0.25, -0.2) is 0 Å². The largest absolute Gasteiger partial charge is 0.485 e. The van der Waals surface area contributed by atoms with Crippen molar-refractivity contribution in [3.05, 3.63) is 24.3 Å². The lowest BCUT2D eigenvalue weighted by Crippen LogP contribution is -2.56. The Morgan fingerprint density at radius 1 is 1.33 bits per heavy atom. The lowest BCUT2D eigenvalue weighted by Gasteiger charge is -2.39. The van der Waals surface area contributed by atoms with E-state index in [1.54, 1.807) is 0 Å². The molecule has 2 aliphatic heterocycles. The summed E-state index contributed by atoms with van der Waals surface area (Å²) in [6.45, 7) is 3.36. The van der Waals surface area contributed by atoms with Gasteiger partial charge in [-0.1, -0.05) is 28.1 Å². The Morgan fingerprint density at radius 2 is 2.10 bits per heavy atom. The molecule has 3 unspecified atom stereocenters. The number of nitrogens with zero attached hydrogens (tertiary/aromatic N) is 1. The highest BCUT2D eigenvalue weighted by Crippen LogP contribution is 2.31. The van der Waals surface area contributed by atoms with Gasteiger partial charge in [0.05, 0.1) is 18.8 Å². The summed E-state index contributed by atoms with van der Waals surface area (Å²) < 4.78 is 17.1. The number of amides is 1. The van der Waals surface area contributed by atoms with Gasteiger partial charge in [-0.3, -0.25) is 4.79 Å². The third-order valence-electron chi connectivity index (χ3n) is 3.74. The highest BCUT2D eigenvalue weighted by atomic mass is 79.9. The van der Waals surface area contributed by atoms with Crippen molar-refractivity contribution in [1.82, 2.24) is 4.90 Å². The number of benzene rings is 1. The van der Waals surface area contributed by atoms with E-state index in [1.807, 2.05) is 36.1 Å². The molecule has 1 aromatic carbocycles. The van der Waals surface area contributed by atoms with Gasteiger partial charge in [0.1, 0.15) is 6.61 Å². The summed E-state index contributed by atoms with van der Waals surface area (Å²) in [5.41, 5.74) is 0. The number of alkyl halides is 1. The molecule has 5 nitrogen and oxygen atoms in total. The third kappa shape index (κ3) is 3.01. The molecular weight excluding hydrogens is 338 g/mol. The molecule has 0 spiro atoms. The number of hydrogen-bond donors (Lipinski definition) is 0. The van der Waals surface area contributed by atoms with Crippen LogP contribution in [0.4, 0.5) is 0 Å². The number of morpholine rings is 1. The first-order valence-corrected chi connectivity index (χ1v) is 8.17. The number of ether oxygens (including phenoxy) is 3. The molecular formula is C15H18BrNO4. The van der Waals surface area contributed by atoms with Crippen LogP contribution in [0, 0.1) is 0 Å². The maximum atomic E-state index is 12.7. The molecule has 6 heteroatoms. The van der Waals surface area contributed by atoms with Crippen LogP contribution >= 0.6 is 15.9 Å². The van der Waals surface area contributed by atoms with E-state index in [9.17, 15) is 4.79 Å². The van der Waals surface area contributed by atoms with Crippen LogP contribution in [0.5, 0.6) is 11.5 Å². The second-order valence-electron chi connectivity index (χ2n) is 5.31. The highest BCUT2D eigenvalue weighted by Gasteiger charge is 2.36. The zero-order valence-electron chi connectivity index (χ0n) is 11.8. The first-order valence-electron chi connectivity index (χ1n) is 7.05. The van der Waals surface area contributed by atoms with Crippen molar-refractivity contribution in [3.8, 4) is 11.5 Å². The molecule has 3 rings (SSSR count). The molecule has 21 heavy (non-hydrogen) atoms. The standard InChI is InChI=1S/C15H18BrNO4/c1-10-8-19-11(6-16)7-17(10)15(18)14-9-20-12-4-2-3-5-13(12)21-14/h2-5,10-11,14H,6-9H2,1H3. The quantitative estimate of drug-likeness (QED) is 0.759. The number of rotatable bonds is 2. The molecule has 2 heterocycles. The predicted molar refractivity (Wildman–Crippen MR) is 81.1 cm³/mol. The average molecular weight is 356 g/mol. The van der Waals surface area contributed by atoms with E-state index in [-0.39, 0.29) is 24.7 Å². The molecule has 0 radical (unpaired) electrons. The normalized spacial score (nSPS) is 28.3. The Hall–Kier alpha value is -1.27. The van der Waals surface area contributed by atoms with Crippen LogP contribution in [0.1, 0.15) is 6.92 Å². The van der Waals surface area contributed by atoms with E-state index in [0.717, 1.165) is 0 Å². The van der Waals surface area contributed by atoms with Crippen molar-refractivity contribution in [2.45, 2.75) is 25.2 Å². The molecule has 3 atom stereocenters. The fourth-order valence-corrected chi connectivity index (χ4v) is 2.94. The van der Waals surface area contributed by atoms with E-state index >= 15 is 0 Å². The summed E-state index contributed by atoms with van der Waals surface area (Å²) in [5, 5.41) is 0.717. The summed E-state index contributed by atoms with van der Waals surface area (Å²) in [4.78, 5) is 14.5. The van der Waals surface area contributed by atoms with Gasteiger partial charge in [-0.15, -0.1) is 0 Å². The maximum Gasteiger partial charge on any atom is 0.267 e. The highest BCUT2D eigenvalue weighted by molar-refractivity contribution is 9.09. The van der Waals surface area contributed by atoms with Crippen LogP contribution in [-0.2, 0) is 9.53 Å². The summed E-state index contributed by atoms with van der Waals surface area (Å²) in [7, 11) is 0. The second kappa shape index (κ2) is 6.23. The van der Waals surface area contributed by atoms with E-state index < -0.39 is 6.10 Å². The lowest BCUT2D eigenvalue weighted by atomic mass is 10.1. The molecule has 0 bridgehead atoms. The molecule has 114 valence electrons. The zero-order valence-corrected chi connectivity index (χ0v) is 13.4. The van der Waals surface area contributed by atoms with E-state index in [0.29, 0.717) is 30.0 Å². The molecule has 2 aliphatic rings. The minimum atomic E-state index is -0.587. The van der Waals surface area contributed by atoms with Crippen molar-refractivity contribution < 1.29 is 19.0 Å². The Balaban J connectivity index is 1.71. The second-order valence-corrected chi connectivity index (χ2v) is 5.96. The Kier molecular flexibility index (Phi) is 4.35. The van der Waals surface area contributed by atoms with E-state index in [4.69, 9.17) is 14.2 Å². The molecule has 1 amide bonds. The van der Waals surface area contributed by atoms with E-state index in [2.05, 4.69) is 15.9 Å². The van der Waals surface area contributed by atoms with Gasteiger partial charge in [-0.05, 0) is 19.1 Å². The molecule has 1 aromatic rings. The minimum Gasteiger partial charge on any atom is -0.485 e. The van der Waals surface area contributed by atoms with Gasteiger partial charge in [0, 0.05) is 11.9 Å². The van der Waals surface area contributed by atoms with Gasteiger partial charge in [0.2, 0.25) is 6.10 Å². The topological polar surface area (TPSA) is 48.0 Å². The van der Waals surface area contributed by atoms with Gasteiger partial charge in [0.15, 0.2) is 11.5 Å². The first-order chi connectivity index (χ1) is 10.2. The third-order valence-corrected chi connectivity index (χ3v) is 4.47. The number of fused-ring (bicyclic) bond motifs is 1. The van der Waals surface area contributed by atoms with Gasteiger partial charge in [-0.2, -0.15) is 0 Å². The average Bonchev–Trinajstić information content (AvgIpc) is 2.54. The Labute approximate surface area is 132 Å². The molecule has 0 N–H and O–H groups in total. The SMILES string of the molecule is CC1COC(CBr)CN1C(=O)C1COc2ccccc2O1. The summed E-state index contributed by atoms with van der Waals surface area (Å²) in [6.07, 6.45) is -0.557. The summed E-state index contributed by atoms with van der Waals surface area (Å²) in [6, 6.07) is 7.46. The number of carbonyl (C=O) groups excluding carboxylic acids is 1. The van der Waals surface area contributed by atoms with Gasteiger partial charge in [0.25, 0.3) is 5.91 Å². The van der Waals surface area contributed by atoms with Crippen molar-refractivity contribution in [2.24, 2.45) is 0 Å². The Bertz CT molecular complexity index is 524. The number of hydrogen-bond acceptors (Lipinski definition) is 4. The maximum absolute atomic E-state index is 12.7. The van der Waals surface area contributed by atoms with Crippen molar-refractivity contribution in [3.63, 3.8) is 0 Å². The van der Waals surface area contributed by atoms with Crippen molar-refractivity contribution in [2.75, 3.05) is 25.1 Å². The van der Waals surface area contributed by atoms with Crippen molar-refractivity contribution in [1.29, 1.82) is 0 Å². The number of para-hydroxylation sites is 2. The monoisotopic (exact) mass is 355 g/mol. The van der Waals surface area contributed by atoms with Crippen LogP contribution in [0.3, 0.4) is 0 Å². The number of halogens is 1. The van der Waals surface area contributed by atoms with Crippen LogP contribution in [0.25, 0.3) is 0 Å². The number of carbonyl (C=O) groups is 1. The van der Waals surface area contributed by atoms with Crippen LogP contribution in [0.15, 0.2) is 24.3 Å². The minimum absolute atomic E-state index is 0.0296. The van der Waals surface area contributed by atoms with Crippen LogP contribution in [-0.4, -0.2) is 54.1 Å². The summed E-state index contributed by atoms with van der Waals surface area (Å²) >= 11 is 3.41. The van der Waals surface area contributed by atoms with Crippen molar-refractivity contribution >= 4 is 21.8 Å². The predicted octanol–water partition coefficient (Wildman–Crippen LogP) is 1.84. The zero-order chi connectivity index (χ0) is 14.8. The smallest absolute Gasteiger partial charge is 0.267 e. The van der Waals surface area contributed by atoms with Gasteiger partial charge >= 0.3 is 0 Å². The fourth-order valence-electron chi connectivity index (χ4n) is 2.54. The van der Waals surface area contributed by atoms with E-state index in [1.165, 1.54) is 0 Å². The summed E-state index contributed by atoms with van der Waals surface area (Å²) in [5.74, 6) is 1.28. The molecule has 0 saturated carbocycles. The molecule has 0 aromatic heterocycles. The fraction of sp³-hybridized carbons (Fsp3) is 0.533. The first kappa shape index (κ1) is 14.7. The molecule has 1 fully saturated rings.